The van der Waals surface area contributed by atoms with Crippen molar-refractivity contribution < 1.29 is 13.5 Å². The second kappa shape index (κ2) is 6.72. The molecule has 0 saturated heterocycles. The van der Waals surface area contributed by atoms with Gasteiger partial charge in [0.25, 0.3) is 0 Å². The second-order valence-electron chi connectivity index (χ2n) is 4.21. The van der Waals surface area contributed by atoms with Gasteiger partial charge in [-0.3, -0.25) is 0 Å². The summed E-state index contributed by atoms with van der Waals surface area (Å²) >= 11 is 1.44. The van der Waals surface area contributed by atoms with Crippen LogP contribution in [0.2, 0.25) is 0 Å². The molecular weight excluding hydrogens is 280 g/mol. The summed E-state index contributed by atoms with van der Waals surface area (Å²) in [7, 11) is 1.60. The van der Waals surface area contributed by atoms with E-state index in [1.54, 1.807) is 13.2 Å². The van der Waals surface area contributed by atoms with Gasteiger partial charge in [-0.25, -0.2) is 8.78 Å². The highest BCUT2D eigenvalue weighted by atomic mass is 32.2. The molecule has 0 bridgehead atoms. The van der Waals surface area contributed by atoms with Crippen LogP contribution in [0.5, 0.6) is 5.75 Å². The fraction of sp³-hybridized carbons (Fsp3) is 0.200. The monoisotopic (exact) mass is 295 g/mol. The lowest BCUT2D eigenvalue weighted by Crippen LogP contribution is -2.00. The maximum absolute atomic E-state index is 13.1. The van der Waals surface area contributed by atoms with Gasteiger partial charge < -0.3 is 10.5 Å². The summed E-state index contributed by atoms with van der Waals surface area (Å²) in [6.45, 7) is 0.396. The van der Waals surface area contributed by atoms with E-state index in [9.17, 15) is 8.78 Å². The normalized spacial score (nSPS) is 10.6. The average molecular weight is 295 g/mol. The highest BCUT2D eigenvalue weighted by Gasteiger charge is 2.06. The molecule has 0 aliphatic carbocycles. The molecule has 2 aromatic carbocycles. The Morgan fingerprint density at radius 2 is 1.90 bits per heavy atom. The fourth-order valence-corrected chi connectivity index (χ4v) is 2.68. The Morgan fingerprint density at radius 3 is 2.55 bits per heavy atom. The predicted molar refractivity (Wildman–Crippen MR) is 76.8 cm³/mol. The van der Waals surface area contributed by atoms with Crippen LogP contribution >= 0.6 is 11.8 Å². The first-order valence-corrected chi connectivity index (χ1v) is 7.06. The molecule has 0 unspecified atom stereocenters. The van der Waals surface area contributed by atoms with Crippen LogP contribution in [0.25, 0.3) is 0 Å². The Balaban J connectivity index is 2.08. The van der Waals surface area contributed by atoms with Crippen molar-refractivity contribution in [1.82, 2.24) is 0 Å². The molecule has 0 aromatic heterocycles. The van der Waals surface area contributed by atoms with E-state index in [0.29, 0.717) is 17.2 Å². The molecule has 0 atom stereocenters. The predicted octanol–water partition coefficient (Wildman–Crippen LogP) is 3.72. The topological polar surface area (TPSA) is 35.2 Å². The highest BCUT2D eigenvalue weighted by Crippen LogP contribution is 2.27. The van der Waals surface area contributed by atoms with Crippen LogP contribution in [-0.4, -0.2) is 7.11 Å². The summed E-state index contributed by atoms with van der Waals surface area (Å²) in [5, 5.41) is 0. The number of methoxy groups -OCH3 is 1. The molecule has 0 heterocycles. The lowest BCUT2D eigenvalue weighted by molar-refractivity contribution is 0.409. The molecule has 2 nitrogen and oxygen atoms in total. The van der Waals surface area contributed by atoms with Crippen molar-refractivity contribution in [3.63, 3.8) is 0 Å². The Morgan fingerprint density at radius 1 is 1.10 bits per heavy atom. The summed E-state index contributed by atoms with van der Waals surface area (Å²) < 4.78 is 31.1. The molecule has 0 aliphatic heterocycles. The van der Waals surface area contributed by atoms with Gasteiger partial charge in [-0.05, 0) is 35.9 Å². The van der Waals surface area contributed by atoms with Crippen LogP contribution in [0.3, 0.4) is 0 Å². The highest BCUT2D eigenvalue weighted by molar-refractivity contribution is 7.98. The van der Waals surface area contributed by atoms with Gasteiger partial charge in [0, 0.05) is 22.8 Å². The Labute approximate surface area is 120 Å². The number of hydrogen-bond donors (Lipinski definition) is 1. The first kappa shape index (κ1) is 14.8. The maximum atomic E-state index is 13.1. The van der Waals surface area contributed by atoms with Gasteiger partial charge >= 0.3 is 0 Å². The zero-order chi connectivity index (χ0) is 14.5. The van der Waals surface area contributed by atoms with Crippen LogP contribution < -0.4 is 10.5 Å². The minimum absolute atomic E-state index is 0.396. The van der Waals surface area contributed by atoms with Gasteiger partial charge in [0.1, 0.15) is 5.75 Å². The van der Waals surface area contributed by atoms with E-state index in [2.05, 4.69) is 0 Å². The number of benzene rings is 2. The maximum Gasteiger partial charge on any atom is 0.159 e. The quantitative estimate of drug-likeness (QED) is 0.854. The third kappa shape index (κ3) is 3.49. The molecule has 106 valence electrons. The molecule has 0 fully saturated rings. The molecule has 2 rings (SSSR count). The van der Waals surface area contributed by atoms with E-state index in [4.69, 9.17) is 10.5 Å². The van der Waals surface area contributed by atoms with Crippen molar-refractivity contribution in [3.05, 3.63) is 59.2 Å². The zero-order valence-electron chi connectivity index (χ0n) is 11.0. The third-order valence-electron chi connectivity index (χ3n) is 2.86. The summed E-state index contributed by atoms with van der Waals surface area (Å²) in [6, 6.07) is 9.67. The number of hydrogen-bond acceptors (Lipinski definition) is 3. The molecule has 5 heteroatoms. The van der Waals surface area contributed by atoms with Crippen LogP contribution in [0.4, 0.5) is 8.78 Å². The Hall–Kier alpha value is -1.59. The van der Waals surface area contributed by atoms with Gasteiger partial charge in [0.15, 0.2) is 11.6 Å². The third-order valence-corrected chi connectivity index (χ3v) is 3.93. The Kier molecular flexibility index (Phi) is 4.98. The summed E-state index contributed by atoms with van der Waals surface area (Å²) in [4.78, 5) is 0.689. The smallest absolute Gasteiger partial charge is 0.159 e. The summed E-state index contributed by atoms with van der Waals surface area (Å²) in [6.07, 6.45) is 0. The molecule has 0 saturated carbocycles. The van der Waals surface area contributed by atoms with Gasteiger partial charge in [-0.2, -0.15) is 0 Å². The first-order chi connectivity index (χ1) is 9.63. The summed E-state index contributed by atoms with van der Waals surface area (Å²) in [5.74, 6) is -0.243. The van der Waals surface area contributed by atoms with E-state index in [-0.39, 0.29) is 0 Å². The van der Waals surface area contributed by atoms with Crippen LogP contribution in [-0.2, 0) is 12.3 Å². The van der Waals surface area contributed by atoms with Crippen molar-refractivity contribution in [2.24, 2.45) is 5.73 Å². The van der Waals surface area contributed by atoms with Crippen LogP contribution in [0.15, 0.2) is 41.3 Å². The SMILES string of the molecule is COc1ccc(CSc2ccc(F)c(F)c2)cc1CN. The zero-order valence-corrected chi connectivity index (χ0v) is 11.8. The number of ether oxygens (including phenoxy) is 1. The lowest BCUT2D eigenvalue weighted by Gasteiger charge is -2.09. The average Bonchev–Trinajstić information content (AvgIpc) is 2.48. The van der Waals surface area contributed by atoms with E-state index in [0.717, 1.165) is 22.9 Å². The van der Waals surface area contributed by atoms with Crippen LogP contribution in [0, 0.1) is 11.6 Å². The first-order valence-electron chi connectivity index (χ1n) is 6.07. The minimum atomic E-state index is -0.829. The van der Waals surface area contributed by atoms with Crippen molar-refractivity contribution in [2.45, 2.75) is 17.2 Å². The van der Waals surface area contributed by atoms with E-state index < -0.39 is 11.6 Å². The number of thioether (sulfide) groups is 1. The second-order valence-corrected chi connectivity index (χ2v) is 5.26. The molecule has 2 aromatic rings. The number of nitrogens with two attached hydrogens (primary N) is 1. The van der Waals surface area contributed by atoms with E-state index >= 15 is 0 Å². The molecular formula is C15H15F2NOS. The molecule has 0 aliphatic rings. The lowest BCUT2D eigenvalue weighted by atomic mass is 10.1. The van der Waals surface area contributed by atoms with Crippen LogP contribution in [0.1, 0.15) is 11.1 Å². The van der Waals surface area contributed by atoms with E-state index in [1.807, 2.05) is 18.2 Å². The minimum Gasteiger partial charge on any atom is -0.496 e. The molecule has 0 spiro atoms. The van der Waals surface area contributed by atoms with Crippen molar-refractivity contribution in [3.8, 4) is 5.75 Å². The largest absolute Gasteiger partial charge is 0.496 e. The van der Waals surface area contributed by atoms with Crippen molar-refractivity contribution in [1.29, 1.82) is 0 Å². The Bertz CT molecular complexity index is 604. The van der Waals surface area contributed by atoms with Crippen molar-refractivity contribution in [2.75, 3.05) is 7.11 Å². The van der Waals surface area contributed by atoms with Gasteiger partial charge in [0.2, 0.25) is 0 Å². The number of halogens is 2. The molecule has 0 amide bonds. The molecule has 0 radical (unpaired) electrons. The van der Waals surface area contributed by atoms with E-state index in [1.165, 1.54) is 17.8 Å². The summed E-state index contributed by atoms with van der Waals surface area (Å²) in [5.41, 5.74) is 7.64. The van der Waals surface area contributed by atoms with Gasteiger partial charge in [-0.1, -0.05) is 6.07 Å². The molecule has 20 heavy (non-hydrogen) atoms. The van der Waals surface area contributed by atoms with Gasteiger partial charge in [0.05, 0.1) is 7.11 Å². The number of rotatable bonds is 5. The van der Waals surface area contributed by atoms with Crippen molar-refractivity contribution >= 4 is 11.8 Å². The van der Waals surface area contributed by atoms with Gasteiger partial charge in [-0.15, -0.1) is 11.8 Å². The fourth-order valence-electron chi connectivity index (χ4n) is 1.81. The molecule has 2 N–H and O–H groups in total. The standard InChI is InChI=1S/C15H15F2NOS/c1-19-15-5-2-10(6-11(15)8-18)9-20-12-3-4-13(16)14(17)7-12/h2-7H,8-9,18H2,1H3.